The highest BCUT2D eigenvalue weighted by Crippen LogP contribution is 2.30. The summed E-state index contributed by atoms with van der Waals surface area (Å²) < 4.78 is 1.19. The van der Waals surface area contributed by atoms with Gasteiger partial charge in [-0.2, -0.15) is 9.78 Å². The number of benzene rings is 2. The molecule has 1 fully saturated rings. The van der Waals surface area contributed by atoms with Gasteiger partial charge >= 0.3 is 0 Å². The van der Waals surface area contributed by atoms with Gasteiger partial charge < -0.3 is 9.80 Å². The van der Waals surface area contributed by atoms with Crippen molar-refractivity contribution in [3.63, 3.8) is 0 Å². The van der Waals surface area contributed by atoms with Crippen molar-refractivity contribution in [2.75, 3.05) is 36.0 Å². The van der Waals surface area contributed by atoms with Crippen molar-refractivity contribution >= 4 is 46.2 Å². The van der Waals surface area contributed by atoms with E-state index in [4.69, 9.17) is 34.8 Å². The summed E-state index contributed by atoms with van der Waals surface area (Å²) in [5.74, 6) is 0. The van der Waals surface area contributed by atoms with Gasteiger partial charge in [0.1, 0.15) is 5.02 Å². The molecule has 150 valence electrons. The smallest absolute Gasteiger partial charge is 0.291 e. The first kappa shape index (κ1) is 20.1. The highest BCUT2D eigenvalue weighted by atomic mass is 35.5. The lowest BCUT2D eigenvalue weighted by molar-refractivity contribution is 0.653. The number of hydrogen-bond acceptors (Lipinski definition) is 4. The van der Waals surface area contributed by atoms with Gasteiger partial charge in [-0.05, 0) is 42.8 Å². The van der Waals surface area contributed by atoms with Crippen LogP contribution in [0.25, 0.3) is 5.69 Å². The number of anilines is 2. The molecule has 0 N–H and O–H groups in total. The van der Waals surface area contributed by atoms with E-state index in [0.717, 1.165) is 31.9 Å². The molecule has 0 spiro atoms. The van der Waals surface area contributed by atoms with Crippen LogP contribution in [-0.2, 0) is 0 Å². The Morgan fingerprint density at radius 1 is 0.862 bits per heavy atom. The fourth-order valence-corrected chi connectivity index (χ4v) is 4.06. The van der Waals surface area contributed by atoms with E-state index in [9.17, 15) is 4.79 Å². The highest BCUT2D eigenvalue weighted by molar-refractivity contribution is 6.41. The number of aromatic nitrogens is 2. The predicted octanol–water partition coefficient (Wildman–Crippen LogP) is 4.83. The average Bonchev–Trinajstić information content (AvgIpc) is 2.72. The standard InChI is InChI=1S/C21H19Cl3N4O/c1-14-3-2-4-15(11-14)26-7-9-27(10-8-26)19-6-5-16(12-17(19)22)28-21(29)20(24)18(23)13-25-28/h2-6,11-13H,7-10H2,1H3. The Morgan fingerprint density at radius 2 is 1.59 bits per heavy atom. The fraction of sp³-hybridized carbons (Fsp3) is 0.238. The van der Waals surface area contributed by atoms with Crippen LogP contribution in [0.4, 0.5) is 11.4 Å². The molecule has 1 aliphatic rings. The zero-order valence-corrected chi connectivity index (χ0v) is 18.0. The van der Waals surface area contributed by atoms with Gasteiger partial charge in [0.2, 0.25) is 0 Å². The molecule has 1 aliphatic heterocycles. The van der Waals surface area contributed by atoms with Gasteiger partial charge in [-0.3, -0.25) is 4.79 Å². The van der Waals surface area contributed by atoms with E-state index in [1.54, 1.807) is 6.07 Å². The van der Waals surface area contributed by atoms with E-state index in [0.29, 0.717) is 10.7 Å². The minimum atomic E-state index is -0.477. The monoisotopic (exact) mass is 448 g/mol. The van der Waals surface area contributed by atoms with Gasteiger partial charge in [-0.15, -0.1) is 0 Å². The van der Waals surface area contributed by atoms with Crippen molar-refractivity contribution in [1.82, 2.24) is 9.78 Å². The van der Waals surface area contributed by atoms with Gasteiger partial charge in [0.15, 0.2) is 0 Å². The van der Waals surface area contributed by atoms with Gasteiger partial charge in [0, 0.05) is 31.9 Å². The van der Waals surface area contributed by atoms with Gasteiger partial charge in [-0.25, -0.2) is 0 Å². The Balaban J connectivity index is 1.52. The Labute approximate surface area is 184 Å². The zero-order valence-electron chi connectivity index (χ0n) is 15.8. The molecule has 1 saturated heterocycles. The number of nitrogens with zero attached hydrogens (tertiary/aromatic N) is 4. The van der Waals surface area contributed by atoms with Crippen LogP contribution in [0.3, 0.4) is 0 Å². The number of hydrogen-bond donors (Lipinski definition) is 0. The normalized spacial score (nSPS) is 14.3. The summed E-state index contributed by atoms with van der Waals surface area (Å²) in [6.45, 7) is 5.65. The first-order valence-corrected chi connectivity index (χ1v) is 10.4. The number of piperazine rings is 1. The molecule has 3 aromatic rings. The Morgan fingerprint density at radius 3 is 2.28 bits per heavy atom. The Hall–Kier alpha value is -2.21. The summed E-state index contributed by atoms with van der Waals surface area (Å²) in [4.78, 5) is 16.9. The van der Waals surface area contributed by atoms with Gasteiger partial charge in [-0.1, -0.05) is 46.9 Å². The minimum absolute atomic E-state index is 0.0610. The van der Waals surface area contributed by atoms with Crippen LogP contribution in [0, 0.1) is 6.92 Å². The molecule has 0 aliphatic carbocycles. The summed E-state index contributed by atoms with van der Waals surface area (Å²) >= 11 is 18.4. The van der Waals surface area contributed by atoms with Crippen molar-refractivity contribution in [2.45, 2.75) is 6.92 Å². The second-order valence-corrected chi connectivity index (χ2v) is 8.16. The Kier molecular flexibility index (Phi) is 5.72. The van der Waals surface area contributed by atoms with Crippen molar-refractivity contribution in [3.05, 3.63) is 79.6 Å². The van der Waals surface area contributed by atoms with E-state index in [-0.39, 0.29) is 10.0 Å². The van der Waals surface area contributed by atoms with E-state index in [2.05, 4.69) is 46.1 Å². The number of halogens is 3. The summed E-state index contributed by atoms with van der Waals surface area (Å²) in [7, 11) is 0. The minimum Gasteiger partial charge on any atom is -0.368 e. The van der Waals surface area contributed by atoms with Gasteiger partial charge in [0.25, 0.3) is 5.56 Å². The fourth-order valence-electron chi connectivity index (χ4n) is 3.51. The van der Waals surface area contributed by atoms with Crippen LogP contribution in [0.5, 0.6) is 0 Å². The molecule has 0 radical (unpaired) electrons. The summed E-state index contributed by atoms with van der Waals surface area (Å²) in [6.07, 6.45) is 1.34. The van der Waals surface area contributed by atoms with E-state index >= 15 is 0 Å². The molecule has 0 atom stereocenters. The third kappa shape index (κ3) is 4.08. The van der Waals surface area contributed by atoms with Crippen molar-refractivity contribution in [2.24, 2.45) is 0 Å². The molecule has 0 bridgehead atoms. The topological polar surface area (TPSA) is 41.4 Å². The molecule has 4 rings (SSSR count). The van der Waals surface area contributed by atoms with E-state index in [1.165, 1.54) is 22.1 Å². The summed E-state index contributed by atoms with van der Waals surface area (Å²) in [6, 6.07) is 14.0. The van der Waals surface area contributed by atoms with Crippen LogP contribution >= 0.6 is 34.8 Å². The molecule has 5 nitrogen and oxygen atoms in total. The maximum Gasteiger partial charge on any atom is 0.291 e. The molecular weight excluding hydrogens is 431 g/mol. The van der Waals surface area contributed by atoms with Crippen LogP contribution < -0.4 is 15.4 Å². The Bertz CT molecular complexity index is 1110. The molecule has 8 heteroatoms. The third-order valence-electron chi connectivity index (χ3n) is 5.04. The lowest BCUT2D eigenvalue weighted by atomic mass is 10.1. The second kappa shape index (κ2) is 8.27. The summed E-state index contributed by atoms with van der Waals surface area (Å²) in [5.41, 5.74) is 3.51. The molecule has 1 aromatic heterocycles. The predicted molar refractivity (Wildman–Crippen MR) is 120 cm³/mol. The molecule has 2 aromatic carbocycles. The third-order valence-corrected chi connectivity index (χ3v) is 6.09. The lowest BCUT2D eigenvalue weighted by Gasteiger charge is -2.38. The van der Waals surface area contributed by atoms with E-state index < -0.39 is 5.56 Å². The first-order valence-electron chi connectivity index (χ1n) is 9.24. The molecule has 2 heterocycles. The number of aryl methyl sites for hydroxylation is 1. The molecular formula is C21H19Cl3N4O. The SMILES string of the molecule is Cc1cccc(N2CCN(c3ccc(-n4ncc(Cl)c(Cl)c4=O)cc3Cl)CC2)c1. The maximum atomic E-state index is 12.3. The lowest BCUT2D eigenvalue weighted by Crippen LogP contribution is -2.46. The second-order valence-electron chi connectivity index (χ2n) is 6.97. The van der Waals surface area contributed by atoms with Crippen LogP contribution in [-0.4, -0.2) is 36.0 Å². The summed E-state index contributed by atoms with van der Waals surface area (Å²) in [5, 5.41) is 4.68. The van der Waals surface area contributed by atoms with Gasteiger partial charge in [0.05, 0.1) is 27.6 Å². The first-order chi connectivity index (χ1) is 13.9. The quantitative estimate of drug-likeness (QED) is 0.574. The highest BCUT2D eigenvalue weighted by Gasteiger charge is 2.20. The zero-order chi connectivity index (χ0) is 20.5. The van der Waals surface area contributed by atoms with E-state index in [1.807, 2.05) is 12.1 Å². The van der Waals surface area contributed by atoms with Crippen molar-refractivity contribution < 1.29 is 0 Å². The van der Waals surface area contributed by atoms with Crippen LogP contribution in [0.15, 0.2) is 53.5 Å². The average molecular weight is 450 g/mol. The molecule has 29 heavy (non-hydrogen) atoms. The van der Waals surface area contributed by atoms with Crippen LogP contribution in [0.1, 0.15) is 5.56 Å². The molecule has 0 unspecified atom stereocenters. The number of rotatable bonds is 3. The molecule has 0 amide bonds. The molecule has 0 saturated carbocycles. The largest absolute Gasteiger partial charge is 0.368 e. The van der Waals surface area contributed by atoms with Crippen molar-refractivity contribution in [1.29, 1.82) is 0 Å². The van der Waals surface area contributed by atoms with Crippen molar-refractivity contribution in [3.8, 4) is 5.69 Å². The van der Waals surface area contributed by atoms with Crippen LogP contribution in [0.2, 0.25) is 15.1 Å². The maximum absolute atomic E-state index is 12.3.